The number of hydrogen-bond donors (Lipinski definition) is 2. The van der Waals surface area contributed by atoms with Gasteiger partial charge in [0.25, 0.3) is 0 Å². The van der Waals surface area contributed by atoms with Crippen molar-refractivity contribution < 1.29 is 22.5 Å². The van der Waals surface area contributed by atoms with Crippen molar-refractivity contribution in [2.24, 2.45) is 5.92 Å². The van der Waals surface area contributed by atoms with Gasteiger partial charge in [-0.15, -0.1) is 12.4 Å². The van der Waals surface area contributed by atoms with Gasteiger partial charge in [-0.1, -0.05) is 5.16 Å². The molecule has 1 heterocycles. The lowest BCUT2D eigenvalue weighted by molar-refractivity contribution is -0.159. The number of nitrogens with one attached hydrogen (secondary N) is 2. The van der Waals surface area contributed by atoms with Crippen LogP contribution < -0.4 is 10.6 Å². The molecule has 3 rings (SSSR count). The molecule has 2 N–H and O–H groups in total. The highest BCUT2D eigenvalue weighted by molar-refractivity contribution is 5.92. The molecule has 1 aromatic heterocycles. The second-order valence-corrected chi connectivity index (χ2v) is 5.62. The molecular weight excluding hydrogens is 361 g/mol. The number of alkyl halides is 3. The lowest BCUT2D eigenvalue weighted by Crippen LogP contribution is -2.29. The molecular formula is C15H16ClF3N4O2. The van der Waals surface area contributed by atoms with Crippen LogP contribution in [0.2, 0.25) is 0 Å². The first-order chi connectivity index (χ1) is 11.4. The zero-order valence-electron chi connectivity index (χ0n) is 13.0. The zero-order chi connectivity index (χ0) is 17.2. The van der Waals surface area contributed by atoms with Gasteiger partial charge in [-0.2, -0.15) is 18.2 Å². The number of carbonyl (C=O) groups is 1. The van der Waals surface area contributed by atoms with E-state index in [4.69, 9.17) is 0 Å². The highest BCUT2D eigenvalue weighted by atomic mass is 35.5. The van der Waals surface area contributed by atoms with E-state index in [2.05, 4.69) is 25.3 Å². The van der Waals surface area contributed by atoms with Gasteiger partial charge in [0.1, 0.15) is 0 Å². The number of anilines is 1. The summed E-state index contributed by atoms with van der Waals surface area (Å²) >= 11 is 0. The van der Waals surface area contributed by atoms with Crippen molar-refractivity contribution in [3.8, 4) is 11.4 Å². The molecule has 136 valence electrons. The second-order valence-electron chi connectivity index (χ2n) is 5.62. The molecule has 10 heteroatoms. The van der Waals surface area contributed by atoms with Crippen LogP contribution in [0.15, 0.2) is 28.8 Å². The molecule has 1 fully saturated rings. The van der Waals surface area contributed by atoms with Gasteiger partial charge in [-0.25, -0.2) is 0 Å². The Morgan fingerprint density at radius 2 is 1.92 bits per heavy atom. The van der Waals surface area contributed by atoms with Crippen LogP contribution in [0.1, 0.15) is 18.7 Å². The molecule has 0 radical (unpaired) electrons. The Morgan fingerprint density at radius 1 is 1.24 bits per heavy atom. The number of nitrogens with zero attached hydrogens (tertiary/aromatic N) is 2. The van der Waals surface area contributed by atoms with Crippen LogP contribution in [0.3, 0.4) is 0 Å². The van der Waals surface area contributed by atoms with Crippen LogP contribution in [0.5, 0.6) is 0 Å². The Bertz CT molecular complexity index is 714. The quantitative estimate of drug-likeness (QED) is 0.809. The number of halogens is 4. The van der Waals surface area contributed by atoms with E-state index in [1.807, 2.05) is 0 Å². The molecule has 6 nitrogen and oxygen atoms in total. The van der Waals surface area contributed by atoms with Crippen LogP contribution in [-0.4, -0.2) is 29.1 Å². The fourth-order valence-corrected chi connectivity index (χ4v) is 2.08. The smallest absolute Gasteiger partial charge is 0.329 e. The van der Waals surface area contributed by atoms with Crippen LogP contribution >= 0.6 is 12.4 Å². The zero-order valence-corrected chi connectivity index (χ0v) is 13.8. The van der Waals surface area contributed by atoms with Crippen molar-refractivity contribution in [3.63, 3.8) is 0 Å². The number of amides is 1. The van der Waals surface area contributed by atoms with Crippen LogP contribution in [0, 0.1) is 5.92 Å². The molecule has 0 spiro atoms. The number of aromatic nitrogens is 2. The predicted octanol–water partition coefficient (Wildman–Crippen LogP) is 3.12. The minimum atomic E-state index is -4.67. The minimum absolute atomic E-state index is 0. The first-order valence-electron chi connectivity index (χ1n) is 7.44. The van der Waals surface area contributed by atoms with Gasteiger partial charge in [0.2, 0.25) is 11.7 Å². The first-order valence-corrected chi connectivity index (χ1v) is 7.44. The van der Waals surface area contributed by atoms with E-state index < -0.39 is 12.1 Å². The van der Waals surface area contributed by atoms with Gasteiger partial charge >= 0.3 is 12.1 Å². The van der Waals surface area contributed by atoms with E-state index in [9.17, 15) is 18.0 Å². The summed E-state index contributed by atoms with van der Waals surface area (Å²) < 4.78 is 41.5. The highest BCUT2D eigenvalue weighted by Crippen LogP contribution is 2.29. The maximum Gasteiger partial charge on any atom is 0.471 e. The van der Waals surface area contributed by atoms with Crippen LogP contribution in [-0.2, 0) is 11.0 Å². The molecule has 1 amide bonds. The van der Waals surface area contributed by atoms with Gasteiger partial charge in [-0.3, -0.25) is 4.79 Å². The molecule has 0 atom stereocenters. The lowest BCUT2D eigenvalue weighted by Gasteiger charge is -2.06. The Hall–Kier alpha value is -2.13. The predicted molar refractivity (Wildman–Crippen MR) is 86.2 cm³/mol. The largest absolute Gasteiger partial charge is 0.471 e. The summed E-state index contributed by atoms with van der Waals surface area (Å²) in [4.78, 5) is 15.0. The Morgan fingerprint density at radius 3 is 2.48 bits per heavy atom. The molecule has 0 unspecified atom stereocenters. The molecule has 1 aliphatic carbocycles. The second kappa shape index (κ2) is 7.83. The minimum Gasteiger partial charge on any atom is -0.329 e. The SMILES string of the molecule is Cl.O=C(CNCC1CC1)Nc1ccc(-c2noc(C(F)(F)F)n2)cc1. The highest BCUT2D eigenvalue weighted by Gasteiger charge is 2.38. The summed E-state index contributed by atoms with van der Waals surface area (Å²) in [5, 5.41) is 9.07. The standard InChI is InChI=1S/C15H15F3N4O2.ClH/c16-15(17,18)14-21-13(22-24-14)10-3-5-11(6-4-10)20-12(23)8-19-7-9-1-2-9;/h3-6,9,19H,1-2,7-8H2,(H,20,23);1H. The van der Waals surface area contributed by atoms with E-state index in [1.54, 1.807) is 12.1 Å². The van der Waals surface area contributed by atoms with Gasteiger partial charge in [0.15, 0.2) is 0 Å². The molecule has 1 aliphatic rings. The summed E-state index contributed by atoms with van der Waals surface area (Å²) in [6, 6.07) is 6.16. The van der Waals surface area contributed by atoms with Crippen molar-refractivity contribution in [2.75, 3.05) is 18.4 Å². The average Bonchev–Trinajstić information content (AvgIpc) is 3.20. The summed E-state index contributed by atoms with van der Waals surface area (Å²) in [7, 11) is 0. The molecule has 0 aliphatic heterocycles. The van der Waals surface area contributed by atoms with Crippen LogP contribution in [0.4, 0.5) is 18.9 Å². The molecule has 1 saturated carbocycles. The summed E-state index contributed by atoms with van der Waals surface area (Å²) in [5.41, 5.74) is 0.899. The number of rotatable bonds is 6. The van der Waals surface area contributed by atoms with E-state index in [0.29, 0.717) is 17.2 Å². The van der Waals surface area contributed by atoms with E-state index in [-0.39, 0.29) is 30.7 Å². The van der Waals surface area contributed by atoms with Crippen molar-refractivity contribution in [2.45, 2.75) is 19.0 Å². The summed E-state index contributed by atoms with van der Waals surface area (Å²) in [5.74, 6) is -1.04. The Balaban J connectivity index is 0.00000225. The van der Waals surface area contributed by atoms with Gasteiger partial charge in [-0.05, 0) is 49.6 Å². The topological polar surface area (TPSA) is 80.0 Å². The van der Waals surface area contributed by atoms with Gasteiger partial charge < -0.3 is 15.2 Å². The van der Waals surface area contributed by atoms with Crippen molar-refractivity contribution in [1.29, 1.82) is 0 Å². The Kier molecular flexibility index (Phi) is 6.02. The van der Waals surface area contributed by atoms with Crippen molar-refractivity contribution in [3.05, 3.63) is 30.2 Å². The van der Waals surface area contributed by atoms with E-state index in [1.165, 1.54) is 25.0 Å². The molecule has 0 bridgehead atoms. The monoisotopic (exact) mass is 376 g/mol. The third-order valence-electron chi connectivity index (χ3n) is 3.51. The van der Waals surface area contributed by atoms with Gasteiger partial charge in [0, 0.05) is 11.3 Å². The van der Waals surface area contributed by atoms with Crippen molar-refractivity contribution in [1.82, 2.24) is 15.5 Å². The lowest BCUT2D eigenvalue weighted by atomic mass is 10.2. The Labute approximate surface area is 147 Å². The molecule has 25 heavy (non-hydrogen) atoms. The number of carbonyl (C=O) groups excluding carboxylic acids is 1. The maximum absolute atomic E-state index is 12.4. The van der Waals surface area contributed by atoms with E-state index >= 15 is 0 Å². The first kappa shape index (κ1) is 19.2. The maximum atomic E-state index is 12.4. The molecule has 2 aromatic rings. The average molecular weight is 377 g/mol. The fraction of sp³-hybridized carbons (Fsp3) is 0.400. The summed E-state index contributed by atoms with van der Waals surface area (Å²) in [6.07, 6.45) is -2.25. The van der Waals surface area contributed by atoms with Gasteiger partial charge in [0.05, 0.1) is 6.54 Å². The van der Waals surface area contributed by atoms with Crippen molar-refractivity contribution >= 4 is 24.0 Å². The molecule has 1 aromatic carbocycles. The fourth-order valence-electron chi connectivity index (χ4n) is 2.08. The molecule has 0 saturated heterocycles. The number of hydrogen-bond acceptors (Lipinski definition) is 5. The third-order valence-corrected chi connectivity index (χ3v) is 3.51. The third kappa shape index (κ3) is 5.43. The number of benzene rings is 1. The van der Waals surface area contributed by atoms with Crippen LogP contribution in [0.25, 0.3) is 11.4 Å². The summed E-state index contributed by atoms with van der Waals surface area (Å²) in [6.45, 7) is 1.06. The normalized spacial score (nSPS) is 14.0. The van der Waals surface area contributed by atoms with E-state index in [0.717, 1.165) is 6.54 Å².